The lowest BCUT2D eigenvalue weighted by molar-refractivity contribution is -0.165. The van der Waals surface area contributed by atoms with E-state index in [9.17, 15) is 29.1 Å². The molecule has 2 aromatic carbocycles. The van der Waals surface area contributed by atoms with Crippen molar-refractivity contribution in [2.75, 3.05) is 40.0 Å². The number of ketones is 2. The van der Waals surface area contributed by atoms with Crippen LogP contribution in [0, 0.1) is 0 Å². The van der Waals surface area contributed by atoms with Crippen molar-refractivity contribution in [3.63, 3.8) is 0 Å². The molecular formula is C33H42N2O13. The molecule has 262 valence electrons. The van der Waals surface area contributed by atoms with Crippen molar-refractivity contribution in [1.82, 2.24) is 10.2 Å². The van der Waals surface area contributed by atoms with Gasteiger partial charge in [-0.1, -0.05) is 6.07 Å². The Morgan fingerprint density at radius 3 is 1.98 bits per heavy atom. The standard InChI is InChI=1S/C29H36N2O7.C4H6O6/c1-36-23-9-4-20(5-10-23)25(33)11-7-22(32)8-13-28(34)30-24(19-31-14-2-3-15-31)29(35)21-6-12-26-27(18-21)38-17-16-37-26;5-1(3(7)8)2(6)4(9)10/h4-6,9-10,12,18,24,29,35H,2-3,7-8,11,13-17,19H2,1H3,(H,30,34);1-2,5-6H,(H,7,8)(H,9,10)/t24-,29-;1-,2-/m10/s1. The van der Waals surface area contributed by atoms with Gasteiger partial charge >= 0.3 is 11.9 Å². The van der Waals surface area contributed by atoms with Crippen LogP contribution in [0.3, 0.4) is 0 Å². The molecule has 15 nitrogen and oxygen atoms in total. The Morgan fingerprint density at radius 2 is 1.40 bits per heavy atom. The van der Waals surface area contributed by atoms with Crippen molar-refractivity contribution >= 4 is 29.4 Å². The number of carboxylic acids is 2. The van der Waals surface area contributed by atoms with Gasteiger partial charge in [-0.05, 0) is 67.9 Å². The summed E-state index contributed by atoms with van der Waals surface area (Å²) in [5, 5.41) is 46.7. The predicted molar refractivity (Wildman–Crippen MR) is 168 cm³/mol. The highest BCUT2D eigenvalue weighted by Gasteiger charge is 2.30. The van der Waals surface area contributed by atoms with Crippen LogP contribution < -0.4 is 19.5 Å². The molecule has 0 bridgehead atoms. The summed E-state index contributed by atoms with van der Waals surface area (Å²) >= 11 is 0. The van der Waals surface area contributed by atoms with Crippen LogP contribution in [0.25, 0.3) is 0 Å². The van der Waals surface area contributed by atoms with Crippen LogP contribution in [0.1, 0.15) is 60.6 Å². The van der Waals surface area contributed by atoms with E-state index in [1.54, 1.807) is 49.6 Å². The lowest BCUT2D eigenvalue weighted by atomic mass is 10.00. The van der Waals surface area contributed by atoms with Gasteiger partial charge in [-0.15, -0.1) is 0 Å². The maximum Gasteiger partial charge on any atom is 0.335 e. The number of likely N-dealkylation sites (tertiary alicyclic amines) is 1. The van der Waals surface area contributed by atoms with Crippen LogP contribution in [0.2, 0.25) is 0 Å². The number of aliphatic carboxylic acids is 2. The molecule has 1 saturated heterocycles. The molecule has 0 saturated carbocycles. The summed E-state index contributed by atoms with van der Waals surface area (Å²) in [4.78, 5) is 59.4. The number of rotatable bonds is 16. The van der Waals surface area contributed by atoms with Crippen molar-refractivity contribution in [3.05, 3.63) is 53.6 Å². The number of nitrogens with zero attached hydrogens (tertiary/aromatic N) is 1. The third-order valence-corrected chi connectivity index (χ3v) is 7.77. The van der Waals surface area contributed by atoms with E-state index in [2.05, 4.69) is 10.2 Å². The first-order valence-electron chi connectivity index (χ1n) is 15.5. The summed E-state index contributed by atoms with van der Waals surface area (Å²) in [6.07, 6.45) is -3.10. The maximum absolute atomic E-state index is 12.8. The van der Waals surface area contributed by atoms with Crippen molar-refractivity contribution in [2.45, 2.75) is 62.9 Å². The fourth-order valence-electron chi connectivity index (χ4n) is 5.05. The van der Waals surface area contributed by atoms with Gasteiger partial charge in [-0.3, -0.25) is 14.4 Å². The number of Topliss-reactive ketones (excluding diaryl/α,β-unsaturated/α-hetero) is 2. The van der Waals surface area contributed by atoms with E-state index in [0.717, 1.165) is 25.9 Å². The van der Waals surface area contributed by atoms with Crippen LogP contribution in [0.15, 0.2) is 42.5 Å². The largest absolute Gasteiger partial charge is 0.497 e. The van der Waals surface area contributed by atoms with Gasteiger partial charge < -0.3 is 50.0 Å². The quantitative estimate of drug-likeness (QED) is 0.136. The number of nitrogens with one attached hydrogen (secondary N) is 1. The first-order valence-corrected chi connectivity index (χ1v) is 15.5. The van der Waals surface area contributed by atoms with Gasteiger partial charge in [-0.25, -0.2) is 9.59 Å². The Morgan fingerprint density at radius 1 is 0.812 bits per heavy atom. The third kappa shape index (κ3) is 11.6. The average Bonchev–Trinajstić information content (AvgIpc) is 3.61. The third-order valence-electron chi connectivity index (χ3n) is 7.77. The van der Waals surface area contributed by atoms with Crippen molar-refractivity contribution in [1.29, 1.82) is 0 Å². The zero-order valence-electron chi connectivity index (χ0n) is 26.6. The minimum Gasteiger partial charge on any atom is -0.497 e. The summed E-state index contributed by atoms with van der Waals surface area (Å²) in [6.45, 7) is 3.27. The van der Waals surface area contributed by atoms with Gasteiger partial charge in [-0.2, -0.15) is 0 Å². The molecular weight excluding hydrogens is 632 g/mol. The Balaban J connectivity index is 0.000000542. The summed E-state index contributed by atoms with van der Waals surface area (Å²) in [7, 11) is 1.55. The number of ether oxygens (including phenoxy) is 3. The lowest BCUT2D eigenvalue weighted by Crippen LogP contribution is -2.46. The van der Waals surface area contributed by atoms with E-state index in [1.807, 2.05) is 0 Å². The Hall–Kier alpha value is -4.57. The number of fused-ring (bicyclic) bond motifs is 1. The van der Waals surface area contributed by atoms with E-state index in [4.69, 9.17) is 34.6 Å². The van der Waals surface area contributed by atoms with E-state index in [-0.39, 0.29) is 43.2 Å². The predicted octanol–water partition coefficient (Wildman–Crippen LogP) is 0.970. The van der Waals surface area contributed by atoms with Gasteiger partial charge in [0.25, 0.3) is 0 Å². The van der Waals surface area contributed by atoms with Gasteiger partial charge in [0.2, 0.25) is 5.91 Å². The topological polar surface area (TPSA) is 229 Å². The number of hydrogen-bond donors (Lipinski definition) is 6. The molecule has 2 heterocycles. The Bertz CT molecular complexity index is 1390. The molecule has 0 spiro atoms. The first kappa shape index (κ1) is 37.9. The highest BCUT2D eigenvalue weighted by atomic mass is 16.6. The van der Waals surface area contributed by atoms with Gasteiger partial charge in [0, 0.05) is 37.8 Å². The smallest absolute Gasteiger partial charge is 0.335 e. The van der Waals surface area contributed by atoms with Crippen LogP contribution in [-0.4, -0.2) is 118 Å². The number of methoxy groups -OCH3 is 1. The highest BCUT2D eigenvalue weighted by Crippen LogP contribution is 2.33. The van der Waals surface area contributed by atoms with Crippen LogP contribution in [-0.2, 0) is 19.2 Å². The molecule has 48 heavy (non-hydrogen) atoms. The number of benzene rings is 2. The fraction of sp³-hybridized carbons (Fsp3) is 0.485. The van der Waals surface area contributed by atoms with Gasteiger partial charge in [0.15, 0.2) is 29.5 Å². The van der Waals surface area contributed by atoms with Crippen molar-refractivity contribution < 1.29 is 63.7 Å². The second-order valence-corrected chi connectivity index (χ2v) is 11.3. The molecule has 0 aliphatic carbocycles. The molecule has 4 rings (SSSR count). The summed E-state index contributed by atoms with van der Waals surface area (Å²) < 4.78 is 16.3. The second kappa shape index (κ2) is 18.7. The van der Waals surface area contributed by atoms with E-state index in [1.165, 1.54) is 0 Å². The maximum atomic E-state index is 12.8. The number of amides is 1. The number of aliphatic hydroxyl groups excluding tert-OH is 3. The Labute approximate surface area is 277 Å². The molecule has 4 atom stereocenters. The summed E-state index contributed by atoms with van der Waals surface area (Å²) in [5.74, 6) is -2.24. The molecule has 0 aromatic heterocycles. The molecule has 6 N–H and O–H groups in total. The van der Waals surface area contributed by atoms with E-state index in [0.29, 0.717) is 48.1 Å². The number of aliphatic hydroxyl groups is 3. The summed E-state index contributed by atoms with van der Waals surface area (Å²) in [6, 6.07) is 11.5. The van der Waals surface area contributed by atoms with Crippen molar-refractivity contribution in [3.8, 4) is 17.2 Å². The molecule has 2 aliphatic heterocycles. The average molecular weight is 675 g/mol. The molecule has 0 radical (unpaired) electrons. The summed E-state index contributed by atoms with van der Waals surface area (Å²) in [5.41, 5.74) is 1.15. The first-order chi connectivity index (χ1) is 22.9. The monoisotopic (exact) mass is 674 g/mol. The molecule has 2 aromatic rings. The highest BCUT2D eigenvalue weighted by molar-refractivity contribution is 5.98. The van der Waals surface area contributed by atoms with Crippen LogP contribution >= 0.6 is 0 Å². The number of hydrogen-bond acceptors (Lipinski definition) is 12. The van der Waals surface area contributed by atoms with Gasteiger partial charge in [0.1, 0.15) is 30.9 Å². The Kier molecular flexibility index (Phi) is 14.7. The molecule has 1 fully saturated rings. The molecule has 0 unspecified atom stereocenters. The van der Waals surface area contributed by atoms with Crippen LogP contribution in [0.5, 0.6) is 17.2 Å². The second-order valence-electron chi connectivity index (χ2n) is 11.3. The number of carboxylic acid groups (broad SMARTS) is 2. The minimum atomic E-state index is -2.27. The zero-order valence-corrected chi connectivity index (χ0v) is 26.6. The van der Waals surface area contributed by atoms with Crippen molar-refractivity contribution in [2.24, 2.45) is 0 Å². The van der Waals surface area contributed by atoms with E-state index >= 15 is 0 Å². The zero-order chi connectivity index (χ0) is 35.2. The molecule has 1 amide bonds. The minimum absolute atomic E-state index is 0.0000808. The SMILES string of the molecule is COc1ccc(C(=O)CCC(=O)CCC(=O)N[C@H](CN2CCCC2)[C@H](O)c2ccc3c(c2)OCCO3)cc1.O=C(O)[C@@H](O)[C@H](O)C(=O)O. The molecule has 2 aliphatic rings. The van der Waals surface area contributed by atoms with Crippen LogP contribution in [0.4, 0.5) is 0 Å². The normalized spacial score (nSPS) is 16.3. The number of carbonyl (C=O) groups excluding carboxylic acids is 3. The van der Waals surface area contributed by atoms with E-state index < -0.39 is 36.3 Å². The molecule has 15 heteroatoms. The van der Waals surface area contributed by atoms with Gasteiger partial charge in [0.05, 0.1) is 13.2 Å². The number of carbonyl (C=O) groups is 5. The lowest BCUT2D eigenvalue weighted by Gasteiger charge is -2.29. The fourth-order valence-corrected chi connectivity index (χ4v) is 5.05.